The lowest BCUT2D eigenvalue weighted by molar-refractivity contribution is -0.136. The molecule has 0 atom stereocenters. The van der Waals surface area contributed by atoms with Gasteiger partial charge in [-0.25, -0.2) is 5.43 Å². The molecule has 148 valence electrons. The highest BCUT2D eigenvalue weighted by Gasteiger charge is 2.14. The molecule has 2 amide bonds. The molecule has 0 aliphatic rings. The van der Waals surface area contributed by atoms with Gasteiger partial charge in [-0.2, -0.15) is 5.10 Å². The Bertz CT molecular complexity index is 1080. The van der Waals surface area contributed by atoms with Gasteiger partial charge >= 0.3 is 11.8 Å². The summed E-state index contributed by atoms with van der Waals surface area (Å²) in [5.41, 5.74) is 7.92. The van der Waals surface area contributed by atoms with Gasteiger partial charge in [0.15, 0.2) is 0 Å². The SMILES string of the molecule is Cc1ccc(-n2c(C)cc(/C=N\NC(=O)C(=O)Nc3ccccc3Br)c2C)cc1. The number of nitrogens with zero attached hydrogens (tertiary/aromatic N) is 2. The second kappa shape index (κ2) is 8.87. The van der Waals surface area contributed by atoms with Crippen molar-refractivity contribution in [3.8, 4) is 5.69 Å². The maximum absolute atomic E-state index is 12.0. The summed E-state index contributed by atoms with van der Waals surface area (Å²) in [7, 11) is 0. The third kappa shape index (κ3) is 4.81. The van der Waals surface area contributed by atoms with Crippen molar-refractivity contribution in [1.29, 1.82) is 0 Å². The Morgan fingerprint density at radius 1 is 1.00 bits per heavy atom. The van der Waals surface area contributed by atoms with E-state index in [-0.39, 0.29) is 0 Å². The second-order valence-corrected chi connectivity index (χ2v) is 7.48. The van der Waals surface area contributed by atoms with Gasteiger partial charge in [0, 0.05) is 27.1 Å². The van der Waals surface area contributed by atoms with Crippen LogP contribution in [0.15, 0.2) is 64.2 Å². The van der Waals surface area contributed by atoms with Crippen LogP contribution in [-0.2, 0) is 9.59 Å². The number of benzene rings is 2. The van der Waals surface area contributed by atoms with Gasteiger partial charge in [-0.15, -0.1) is 0 Å². The molecule has 0 bridgehead atoms. The largest absolute Gasteiger partial charge is 0.329 e. The van der Waals surface area contributed by atoms with E-state index in [1.807, 2.05) is 32.9 Å². The van der Waals surface area contributed by atoms with Crippen molar-refractivity contribution in [2.45, 2.75) is 20.8 Å². The lowest BCUT2D eigenvalue weighted by Crippen LogP contribution is -2.32. The van der Waals surface area contributed by atoms with Gasteiger partial charge in [-0.05, 0) is 67.0 Å². The molecule has 0 radical (unpaired) electrons. The summed E-state index contributed by atoms with van der Waals surface area (Å²) in [6.45, 7) is 6.04. The Hall–Kier alpha value is -3.19. The quantitative estimate of drug-likeness (QED) is 0.352. The molecule has 0 aliphatic carbocycles. The fourth-order valence-corrected chi connectivity index (χ4v) is 3.35. The molecule has 0 aliphatic heterocycles. The van der Waals surface area contributed by atoms with Crippen LogP contribution >= 0.6 is 15.9 Å². The molecule has 0 fully saturated rings. The van der Waals surface area contributed by atoms with Crippen LogP contribution in [0.2, 0.25) is 0 Å². The molecule has 0 unspecified atom stereocenters. The van der Waals surface area contributed by atoms with Crippen LogP contribution in [0.4, 0.5) is 5.69 Å². The van der Waals surface area contributed by atoms with E-state index in [1.54, 1.807) is 18.2 Å². The van der Waals surface area contributed by atoms with Gasteiger partial charge in [0.25, 0.3) is 0 Å². The number of nitrogens with one attached hydrogen (secondary N) is 2. The number of para-hydroxylation sites is 1. The van der Waals surface area contributed by atoms with Gasteiger partial charge in [0.1, 0.15) is 0 Å². The highest BCUT2D eigenvalue weighted by atomic mass is 79.9. The monoisotopic (exact) mass is 452 g/mol. The van der Waals surface area contributed by atoms with Crippen molar-refractivity contribution in [2.75, 3.05) is 5.32 Å². The van der Waals surface area contributed by atoms with Gasteiger partial charge in [0.05, 0.1) is 11.9 Å². The van der Waals surface area contributed by atoms with Crippen LogP contribution in [0.3, 0.4) is 0 Å². The molecule has 1 aromatic heterocycles. The van der Waals surface area contributed by atoms with Crippen molar-refractivity contribution < 1.29 is 9.59 Å². The van der Waals surface area contributed by atoms with Crippen molar-refractivity contribution in [3.63, 3.8) is 0 Å². The van der Waals surface area contributed by atoms with E-state index in [0.29, 0.717) is 10.2 Å². The Morgan fingerprint density at radius 3 is 2.38 bits per heavy atom. The number of hydrogen-bond acceptors (Lipinski definition) is 3. The normalized spacial score (nSPS) is 10.9. The Balaban J connectivity index is 1.68. The minimum Gasteiger partial charge on any atom is -0.318 e. The number of rotatable bonds is 4. The van der Waals surface area contributed by atoms with Crippen molar-refractivity contribution >= 4 is 39.6 Å². The van der Waals surface area contributed by atoms with E-state index < -0.39 is 11.8 Å². The number of aromatic nitrogens is 1. The number of amides is 2. The lowest BCUT2D eigenvalue weighted by Gasteiger charge is -2.09. The first-order valence-electron chi connectivity index (χ1n) is 9.01. The molecule has 2 N–H and O–H groups in total. The molecule has 6 nitrogen and oxygen atoms in total. The molecule has 0 saturated heterocycles. The first kappa shape index (κ1) is 20.5. The number of anilines is 1. The van der Waals surface area contributed by atoms with Crippen LogP contribution in [0.5, 0.6) is 0 Å². The zero-order valence-electron chi connectivity index (χ0n) is 16.4. The molecular weight excluding hydrogens is 432 g/mol. The maximum atomic E-state index is 12.0. The highest BCUT2D eigenvalue weighted by Crippen LogP contribution is 2.21. The predicted molar refractivity (Wildman–Crippen MR) is 118 cm³/mol. The zero-order valence-corrected chi connectivity index (χ0v) is 17.9. The van der Waals surface area contributed by atoms with Crippen molar-refractivity contribution in [2.24, 2.45) is 5.10 Å². The Labute approximate surface area is 177 Å². The van der Waals surface area contributed by atoms with Crippen LogP contribution in [0.25, 0.3) is 5.69 Å². The minimum absolute atomic E-state index is 0.512. The first-order chi connectivity index (χ1) is 13.9. The molecule has 2 aromatic carbocycles. The van der Waals surface area contributed by atoms with Gasteiger partial charge in [-0.3, -0.25) is 9.59 Å². The first-order valence-corrected chi connectivity index (χ1v) is 9.81. The topological polar surface area (TPSA) is 75.5 Å². The van der Waals surface area contributed by atoms with E-state index in [4.69, 9.17) is 0 Å². The molecule has 3 aromatic rings. The average molecular weight is 453 g/mol. The molecule has 3 rings (SSSR count). The fourth-order valence-electron chi connectivity index (χ4n) is 2.96. The molecular formula is C22H21BrN4O2. The minimum atomic E-state index is -0.843. The van der Waals surface area contributed by atoms with Crippen LogP contribution < -0.4 is 10.7 Å². The summed E-state index contributed by atoms with van der Waals surface area (Å²) in [5, 5.41) is 6.47. The van der Waals surface area contributed by atoms with E-state index in [9.17, 15) is 9.59 Å². The van der Waals surface area contributed by atoms with Gasteiger partial charge in [-0.1, -0.05) is 29.8 Å². The van der Waals surface area contributed by atoms with Gasteiger partial charge in [0.2, 0.25) is 0 Å². The highest BCUT2D eigenvalue weighted by molar-refractivity contribution is 9.10. The van der Waals surface area contributed by atoms with Crippen LogP contribution in [-0.4, -0.2) is 22.6 Å². The summed E-state index contributed by atoms with van der Waals surface area (Å²) in [4.78, 5) is 24.0. The molecule has 29 heavy (non-hydrogen) atoms. The lowest BCUT2D eigenvalue weighted by atomic mass is 10.2. The number of halogens is 1. The zero-order chi connectivity index (χ0) is 21.0. The number of carbonyl (C=O) groups excluding carboxylic acids is 2. The van der Waals surface area contributed by atoms with Crippen LogP contribution in [0, 0.1) is 20.8 Å². The number of hydrazone groups is 1. The third-order valence-electron chi connectivity index (χ3n) is 4.46. The predicted octanol–water partition coefficient (Wildman–Crippen LogP) is 4.25. The van der Waals surface area contributed by atoms with E-state index in [1.165, 1.54) is 11.8 Å². The van der Waals surface area contributed by atoms with Crippen molar-refractivity contribution in [3.05, 3.63) is 81.6 Å². The summed E-state index contributed by atoms with van der Waals surface area (Å²) < 4.78 is 2.80. The molecule has 0 spiro atoms. The number of hydrogen-bond donors (Lipinski definition) is 2. The second-order valence-electron chi connectivity index (χ2n) is 6.63. The van der Waals surface area contributed by atoms with E-state index >= 15 is 0 Å². The van der Waals surface area contributed by atoms with Gasteiger partial charge < -0.3 is 9.88 Å². The summed E-state index contributed by atoms with van der Waals surface area (Å²) in [5.74, 6) is -1.64. The number of carbonyl (C=O) groups is 2. The average Bonchev–Trinajstić information content (AvgIpc) is 2.97. The summed E-state index contributed by atoms with van der Waals surface area (Å²) >= 11 is 3.32. The molecule has 1 heterocycles. The summed E-state index contributed by atoms with van der Waals surface area (Å²) in [6.07, 6.45) is 1.54. The maximum Gasteiger partial charge on any atom is 0.329 e. The third-order valence-corrected chi connectivity index (χ3v) is 5.15. The smallest absolute Gasteiger partial charge is 0.318 e. The Kier molecular flexibility index (Phi) is 6.29. The van der Waals surface area contributed by atoms with Crippen LogP contribution in [0.1, 0.15) is 22.5 Å². The Morgan fingerprint density at radius 2 is 1.69 bits per heavy atom. The molecule has 0 saturated carbocycles. The number of aryl methyl sites for hydroxylation is 2. The summed E-state index contributed by atoms with van der Waals surface area (Å²) in [6, 6.07) is 17.3. The molecule has 7 heteroatoms. The standard InChI is InChI=1S/C22H21BrN4O2/c1-14-8-10-18(11-9-14)27-15(2)12-17(16(27)3)13-24-26-22(29)21(28)25-20-7-5-4-6-19(20)23/h4-13H,1-3H3,(H,25,28)(H,26,29)/b24-13-. The van der Waals surface area contributed by atoms with Crippen molar-refractivity contribution in [1.82, 2.24) is 9.99 Å². The fraction of sp³-hybridized carbons (Fsp3) is 0.136. The van der Waals surface area contributed by atoms with E-state index in [0.717, 1.165) is 22.6 Å². The van der Waals surface area contributed by atoms with E-state index in [2.05, 4.69) is 60.6 Å².